The molecule has 1 N–H and O–H groups in total. The van der Waals surface area contributed by atoms with Crippen LogP contribution in [0.3, 0.4) is 0 Å². The van der Waals surface area contributed by atoms with Gasteiger partial charge in [0.15, 0.2) is 0 Å². The molecule has 164 valence electrons. The van der Waals surface area contributed by atoms with E-state index >= 15 is 0 Å². The molecule has 2 unspecified atom stereocenters. The van der Waals surface area contributed by atoms with Gasteiger partial charge in [-0.2, -0.15) is 0 Å². The maximum Gasteiger partial charge on any atom is 0.123 e. The van der Waals surface area contributed by atoms with Gasteiger partial charge in [0.25, 0.3) is 0 Å². The van der Waals surface area contributed by atoms with Crippen molar-refractivity contribution in [2.45, 2.75) is 31.3 Å². The molecular formula is C27H32ClNO2. The molecule has 1 saturated heterocycles. The maximum atomic E-state index is 12.5. The van der Waals surface area contributed by atoms with Crippen LogP contribution in [0, 0.1) is 0 Å². The summed E-state index contributed by atoms with van der Waals surface area (Å²) in [4.78, 5) is 2.49. The minimum Gasteiger partial charge on any atom is -0.494 e. The van der Waals surface area contributed by atoms with Crippen molar-refractivity contribution >= 4 is 12.4 Å². The van der Waals surface area contributed by atoms with Crippen LogP contribution in [0.15, 0.2) is 84.9 Å². The van der Waals surface area contributed by atoms with Gasteiger partial charge in [-0.05, 0) is 61.7 Å². The van der Waals surface area contributed by atoms with Crippen LogP contribution in [0.5, 0.6) is 5.75 Å². The van der Waals surface area contributed by atoms with E-state index in [0.717, 1.165) is 42.1 Å². The van der Waals surface area contributed by atoms with Gasteiger partial charge in [0.1, 0.15) is 11.4 Å². The Morgan fingerprint density at radius 2 is 1.39 bits per heavy atom. The van der Waals surface area contributed by atoms with Gasteiger partial charge in [-0.3, -0.25) is 0 Å². The third-order valence-corrected chi connectivity index (χ3v) is 6.17. The average molecular weight is 438 g/mol. The summed E-state index contributed by atoms with van der Waals surface area (Å²) in [6.45, 7) is 5.62. The lowest BCUT2D eigenvalue weighted by molar-refractivity contribution is 0.0366. The summed E-state index contributed by atoms with van der Waals surface area (Å²) in [5, 5.41) is 12.5. The first-order valence-electron chi connectivity index (χ1n) is 11.0. The summed E-state index contributed by atoms with van der Waals surface area (Å²) >= 11 is 0. The monoisotopic (exact) mass is 437 g/mol. The van der Waals surface area contributed by atoms with Crippen LogP contribution in [0.2, 0.25) is 0 Å². The third-order valence-electron chi connectivity index (χ3n) is 6.17. The fourth-order valence-electron chi connectivity index (χ4n) is 4.62. The number of benzene rings is 3. The Bertz CT molecular complexity index is 911. The highest BCUT2D eigenvalue weighted by molar-refractivity contribution is 5.85. The van der Waals surface area contributed by atoms with Gasteiger partial charge in [0, 0.05) is 12.5 Å². The number of halogens is 1. The molecule has 0 aromatic heterocycles. The molecule has 31 heavy (non-hydrogen) atoms. The first-order valence-corrected chi connectivity index (χ1v) is 11.0. The van der Waals surface area contributed by atoms with E-state index in [2.05, 4.69) is 29.2 Å². The van der Waals surface area contributed by atoms with Crippen molar-refractivity contribution in [3.05, 3.63) is 102 Å². The van der Waals surface area contributed by atoms with E-state index in [1.54, 1.807) is 0 Å². The molecule has 0 saturated carbocycles. The molecule has 0 bridgehead atoms. The predicted molar refractivity (Wildman–Crippen MR) is 129 cm³/mol. The molecule has 1 fully saturated rings. The second-order valence-corrected chi connectivity index (χ2v) is 8.06. The zero-order valence-corrected chi connectivity index (χ0v) is 18.9. The molecule has 3 aromatic rings. The Balaban J connectivity index is 0.00000272. The summed E-state index contributed by atoms with van der Waals surface area (Å²) in [5.41, 5.74) is 1.83. The van der Waals surface area contributed by atoms with E-state index in [0.29, 0.717) is 6.61 Å². The number of likely N-dealkylation sites (tertiary alicyclic amines) is 1. The first kappa shape index (κ1) is 23.3. The van der Waals surface area contributed by atoms with E-state index in [1.807, 2.05) is 67.6 Å². The topological polar surface area (TPSA) is 32.7 Å². The highest BCUT2D eigenvalue weighted by atomic mass is 35.5. The molecule has 1 heterocycles. The van der Waals surface area contributed by atoms with Gasteiger partial charge in [-0.15, -0.1) is 12.4 Å². The summed E-state index contributed by atoms with van der Waals surface area (Å²) in [6.07, 6.45) is 2.46. The second kappa shape index (κ2) is 10.8. The molecule has 3 nitrogen and oxygen atoms in total. The maximum absolute atomic E-state index is 12.5. The van der Waals surface area contributed by atoms with Gasteiger partial charge >= 0.3 is 0 Å². The van der Waals surface area contributed by atoms with Gasteiger partial charge in [-0.1, -0.05) is 72.8 Å². The Hall–Kier alpha value is -2.33. The molecule has 0 amide bonds. The third kappa shape index (κ3) is 5.12. The second-order valence-electron chi connectivity index (χ2n) is 8.06. The SMILES string of the molecule is CCOc1ccc(C(O)(c2ccccc2)C(CN2CCCC2)c2ccccc2)cc1.Cl. The van der Waals surface area contributed by atoms with E-state index in [9.17, 15) is 5.11 Å². The van der Waals surface area contributed by atoms with Crippen molar-refractivity contribution in [2.24, 2.45) is 0 Å². The molecular weight excluding hydrogens is 406 g/mol. The van der Waals surface area contributed by atoms with Gasteiger partial charge in [0.2, 0.25) is 0 Å². The molecule has 4 rings (SSSR count). The van der Waals surface area contributed by atoms with Crippen molar-refractivity contribution in [3.8, 4) is 5.75 Å². The quantitative estimate of drug-likeness (QED) is 0.496. The number of aliphatic hydroxyl groups is 1. The number of nitrogens with zero attached hydrogens (tertiary/aromatic N) is 1. The van der Waals surface area contributed by atoms with Crippen LogP contribution in [0.25, 0.3) is 0 Å². The van der Waals surface area contributed by atoms with Crippen molar-refractivity contribution in [2.75, 3.05) is 26.2 Å². The Morgan fingerprint density at radius 3 is 1.97 bits per heavy atom. The molecule has 4 heteroatoms. The molecule has 1 aliphatic heterocycles. The van der Waals surface area contributed by atoms with Crippen molar-refractivity contribution < 1.29 is 9.84 Å². The van der Waals surface area contributed by atoms with Gasteiger partial charge in [-0.25, -0.2) is 0 Å². The van der Waals surface area contributed by atoms with Crippen LogP contribution >= 0.6 is 12.4 Å². The summed E-state index contributed by atoms with van der Waals surface area (Å²) in [7, 11) is 0. The fourth-order valence-corrected chi connectivity index (χ4v) is 4.62. The minimum absolute atomic E-state index is 0. The molecule has 2 atom stereocenters. The van der Waals surface area contributed by atoms with Crippen LogP contribution in [-0.2, 0) is 5.60 Å². The Kier molecular flexibility index (Phi) is 8.14. The van der Waals surface area contributed by atoms with E-state index in [1.165, 1.54) is 12.8 Å². The number of rotatable bonds is 8. The molecule has 3 aromatic carbocycles. The van der Waals surface area contributed by atoms with Gasteiger partial charge < -0.3 is 14.7 Å². The smallest absolute Gasteiger partial charge is 0.123 e. The number of hydrogen-bond acceptors (Lipinski definition) is 3. The van der Waals surface area contributed by atoms with Crippen LogP contribution in [0.1, 0.15) is 42.4 Å². The van der Waals surface area contributed by atoms with Crippen molar-refractivity contribution in [1.82, 2.24) is 4.90 Å². The van der Waals surface area contributed by atoms with Crippen LogP contribution in [0.4, 0.5) is 0 Å². The zero-order valence-electron chi connectivity index (χ0n) is 18.1. The minimum atomic E-state index is -1.14. The normalized spacial score (nSPS) is 16.8. The number of ether oxygens (including phenoxy) is 1. The standard InChI is InChI=1S/C27H31NO2.ClH/c1-2-30-25-17-15-24(16-18-25)27(29,23-13-7-4-8-14-23)26(21-28-19-9-10-20-28)22-11-5-3-6-12-22;/h3-8,11-18,26,29H,2,9-10,19-21H2,1H3;1H. The lowest BCUT2D eigenvalue weighted by Gasteiger charge is -2.40. The molecule has 0 aliphatic carbocycles. The van der Waals surface area contributed by atoms with E-state index in [-0.39, 0.29) is 18.3 Å². The van der Waals surface area contributed by atoms with Crippen molar-refractivity contribution in [3.63, 3.8) is 0 Å². The number of hydrogen-bond donors (Lipinski definition) is 1. The van der Waals surface area contributed by atoms with Crippen LogP contribution in [-0.4, -0.2) is 36.2 Å². The molecule has 0 spiro atoms. The summed E-state index contributed by atoms with van der Waals surface area (Å²) in [6, 6.07) is 28.5. The zero-order chi connectivity index (χ0) is 20.8. The highest BCUT2D eigenvalue weighted by Gasteiger charge is 2.42. The van der Waals surface area contributed by atoms with E-state index < -0.39 is 5.60 Å². The summed E-state index contributed by atoms with van der Waals surface area (Å²) in [5.74, 6) is 0.740. The lowest BCUT2D eigenvalue weighted by atomic mass is 9.72. The largest absolute Gasteiger partial charge is 0.494 e. The van der Waals surface area contributed by atoms with Gasteiger partial charge in [0.05, 0.1) is 6.61 Å². The lowest BCUT2D eigenvalue weighted by Crippen LogP contribution is -2.41. The van der Waals surface area contributed by atoms with E-state index in [4.69, 9.17) is 4.74 Å². The average Bonchev–Trinajstić information content (AvgIpc) is 3.32. The summed E-state index contributed by atoms with van der Waals surface area (Å²) < 4.78 is 5.64. The first-order chi connectivity index (χ1) is 14.7. The van der Waals surface area contributed by atoms with Crippen LogP contribution < -0.4 is 4.74 Å². The Morgan fingerprint density at radius 1 is 0.839 bits per heavy atom. The Labute approximate surface area is 192 Å². The highest BCUT2D eigenvalue weighted by Crippen LogP contribution is 2.43. The predicted octanol–water partition coefficient (Wildman–Crippen LogP) is 5.62. The van der Waals surface area contributed by atoms with Crippen molar-refractivity contribution in [1.29, 1.82) is 0 Å². The molecule has 1 aliphatic rings. The fraction of sp³-hybridized carbons (Fsp3) is 0.333. The molecule has 0 radical (unpaired) electrons.